The number of amides is 1. The first-order chi connectivity index (χ1) is 11.1. The Labute approximate surface area is 136 Å². The minimum absolute atomic E-state index is 0.185. The number of aromatic hydroxyl groups is 1. The lowest BCUT2D eigenvalue weighted by Gasteiger charge is -2.00. The van der Waals surface area contributed by atoms with Gasteiger partial charge in [-0.3, -0.25) is 4.79 Å². The number of anilines is 1. The van der Waals surface area contributed by atoms with Crippen LogP contribution in [0, 0.1) is 0 Å². The second kappa shape index (κ2) is 6.45. The average molecular weight is 326 g/mol. The summed E-state index contributed by atoms with van der Waals surface area (Å²) in [7, 11) is 0. The summed E-state index contributed by atoms with van der Waals surface area (Å²) >= 11 is 1.39. The summed E-state index contributed by atoms with van der Waals surface area (Å²) in [4.78, 5) is 16.1. The molecule has 6 nitrogen and oxygen atoms in total. The van der Waals surface area contributed by atoms with Crippen LogP contribution in [-0.2, 0) is 11.2 Å². The lowest BCUT2D eigenvalue weighted by molar-refractivity contribution is -0.120. The minimum Gasteiger partial charge on any atom is -0.508 e. The number of thiazole rings is 1. The van der Waals surface area contributed by atoms with Gasteiger partial charge in [0.05, 0.1) is 22.9 Å². The molecular weight excluding hydrogens is 312 g/mol. The van der Waals surface area contributed by atoms with Gasteiger partial charge in [0.2, 0.25) is 5.91 Å². The van der Waals surface area contributed by atoms with Crippen LogP contribution in [0.4, 0.5) is 5.13 Å². The molecular formula is C16H14N4O2S. The zero-order valence-electron chi connectivity index (χ0n) is 12.1. The number of nitrogens with one attached hydrogen (secondary N) is 1. The van der Waals surface area contributed by atoms with E-state index in [4.69, 9.17) is 5.73 Å². The van der Waals surface area contributed by atoms with Gasteiger partial charge in [-0.15, -0.1) is 0 Å². The van der Waals surface area contributed by atoms with Gasteiger partial charge in [-0.25, -0.2) is 10.4 Å². The monoisotopic (exact) mass is 326 g/mol. The van der Waals surface area contributed by atoms with Crippen LogP contribution in [-0.4, -0.2) is 22.2 Å². The van der Waals surface area contributed by atoms with Crippen molar-refractivity contribution in [3.05, 3.63) is 53.6 Å². The van der Waals surface area contributed by atoms with Gasteiger partial charge in [0.15, 0.2) is 5.13 Å². The number of carbonyl (C=O) groups excluding carboxylic acids is 1. The molecule has 1 amide bonds. The predicted molar refractivity (Wildman–Crippen MR) is 91.6 cm³/mol. The highest BCUT2D eigenvalue weighted by atomic mass is 32.1. The fraction of sp³-hybridized carbons (Fsp3) is 0.0625. The van der Waals surface area contributed by atoms with E-state index in [0.29, 0.717) is 5.13 Å². The zero-order valence-corrected chi connectivity index (χ0v) is 12.9. The third kappa shape index (κ3) is 3.83. The van der Waals surface area contributed by atoms with Crippen molar-refractivity contribution in [3.8, 4) is 5.75 Å². The van der Waals surface area contributed by atoms with Gasteiger partial charge in [-0.05, 0) is 47.5 Å². The molecule has 0 aliphatic heterocycles. The van der Waals surface area contributed by atoms with Gasteiger partial charge in [0.25, 0.3) is 0 Å². The summed E-state index contributed by atoms with van der Waals surface area (Å²) in [6.45, 7) is 0. The van der Waals surface area contributed by atoms with E-state index >= 15 is 0 Å². The molecule has 0 aliphatic rings. The SMILES string of the molecule is Nc1nc2ccc(CC(=O)N/N=C\c3ccc(O)cc3)cc2s1. The van der Waals surface area contributed by atoms with Crippen molar-refractivity contribution >= 4 is 38.8 Å². The first-order valence-electron chi connectivity index (χ1n) is 6.86. The van der Waals surface area contributed by atoms with Crippen LogP contribution in [0.15, 0.2) is 47.6 Å². The molecule has 3 rings (SSSR count). The molecule has 4 N–H and O–H groups in total. The molecule has 0 spiro atoms. The van der Waals surface area contributed by atoms with Gasteiger partial charge < -0.3 is 10.8 Å². The van der Waals surface area contributed by atoms with Crippen molar-refractivity contribution in [1.29, 1.82) is 0 Å². The Morgan fingerprint density at radius 1 is 1.30 bits per heavy atom. The predicted octanol–water partition coefficient (Wildman–Crippen LogP) is 2.28. The minimum atomic E-state index is -0.211. The fourth-order valence-corrected chi connectivity index (χ4v) is 2.86. The third-order valence-corrected chi connectivity index (χ3v) is 3.98. The second-order valence-electron chi connectivity index (χ2n) is 4.92. The summed E-state index contributed by atoms with van der Waals surface area (Å²) in [6.07, 6.45) is 1.74. The number of phenols is 1. The number of phenolic OH excluding ortho intramolecular Hbond substituents is 1. The van der Waals surface area contributed by atoms with Crippen LogP contribution in [0.2, 0.25) is 0 Å². The standard InChI is InChI=1S/C16H14N4O2S/c17-16-19-13-6-3-11(7-14(13)23-16)8-15(22)20-18-9-10-1-4-12(21)5-2-10/h1-7,9,21H,8H2,(H2,17,19)(H,20,22)/b18-9-. The van der Waals surface area contributed by atoms with E-state index in [1.807, 2.05) is 18.2 Å². The van der Waals surface area contributed by atoms with Crippen LogP contribution in [0.3, 0.4) is 0 Å². The molecule has 0 aliphatic carbocycles. The quantitative estimate of drug-likeness (QED) is 0.506. The Kier molecular flexibility index (Phi) is 4.20. The van der Waals surface area contributed by atoms with Crippen LogP contribution in [0.25, 0.3) is 10.2 Å². The maximum absolute atomic E-state index is 11.9. The number of hydrogen-bond acceptors (Lipinski definition) is 6. The van der Waals surface area contributed by atoms with E-state index in [-0.39, 0.29) is 18.1 Å². The summed E-state index contributed by atoms with van der Waals surface area (Å²) in [5, 5.41) is 13.6. The van der Waals surface area contributed by atoms with Crippen LogP contribution < -0.4 is 11.2 Å². The first kappa shape index (κ1) is 15.0. The lowest BCUT2D eigenvalue weighted by atomic mass is 10.1. The van der Waals surface area contributed by atoms with E-state index in [1.54, 1.807) is 24.3 Å². The van der Waals surface area contributed by atoms with Gasteiger partial charge in [0, 0.05) is 0 Å². The molecule has 0 bridgehead atoms. The van der Waals surface area contributed by atoms with Crippen molar-refractivity contribution in [3.63, 3.8) is 0 Å². The van der Waals surface area contributed by atoms with Gasteiger partial charge in [-0.1, -0.05) is 17.4 Å². The summed E-state index contributed by atoms with van der Waals surface area (Å²) < 4.78 is 0.959. The van der Waals surface area contributed by atoms with Gasteiger partial charge >= 0.3 is 0 Å². The van der Waals surface area contributed by atoms with Crippen LogP contribution >= 0.6 is 11.3 Å². The van der Waals surface area contributed by atoms with E-state index in [2.05, 4.69) is 15.5 Å². The Morgan fingerprint density at radius 3 is 2.87 bits per heavy atom. The number of hydrazone groups is 1. The highest BCUT2D eigenvalue weighted by molar-refractivity contribution is 7.22. The number of nitrogens with zero attached hydrogens (tertiary/aromatic N) is 2. The van der Waals surface area contributed by atoms with E-state index in [0.717, 1.165) is 21.3 Å². The van der Waals surface area contributed by atoms with E-state index < -0.39 is 0 Å². The van der Waals surface area contributed by atoms with Crippen molar-refractivity contribution in [2.45, 2.75) is 6.42 Å². The number of nitrogen functional groups attached to an aromatic ring is 1. The number of nitrogens with two attached hydrogens (primary N) is 1. The Balaban J connectivity index is 1.60. The number of aromatic nitrogens is 1. The Bertz CT molecular complexity index is 871. The molecule has 0 atom stereocenters. The molecule has 3 aromatic rings. The van der Waals surface area contributed by atoms with E-state index in [1.165, 1.54) is 17.6 Å². The average Bonchev–Trinajstić information content (AvgIpc) is 2.88. The molecule has 0 radical (unpaired) electrons. The fourth-order valence-electron chi connectivity index (χ4n) is 2.06. The van der Waals surface area contributed by atoms with Crippen LogP contribution in [0.5, 0.6) is 5.75 Å². The normalized spacial score (nSPS) is 11.1. The van der Waals surface area contributed by atoms with Gasteiger partial charge in [0.1, 0.15) is 5.75 Å². The number of hydrogen-bond donors (Lipinski definition) is 3. The van der Waals surface area contributed by atoms with Crippen molar-refractivity contribution in [2.24, 2.45) is 5.10 Å². The molecule has 1 heterocycles. The molecule has 0 saturated heterocycles. The molecule has 116 valence electrons. The Hall–Kier alpha value is -2.93. The lowest BCUT2D eigenvalue weighted by Crippen LogP contribution is -2.19. The first-order valence-corrected chi connectivity index (χ1v) is 7.68. The molecule has 0 saturated carbocycles. The molecule has 2 aromatic carbocycles. The summed E-state index contributed by atoms with van der Waals surface area (Å²) in [6, 6.07) is 12.1. The molecule has 1 aromatic heterocycles. The number of fused-ring (bicyclic) bond motifs is 1. The molecule has 0 fully saturated rings. The summed E-state index contributed by atoms with van der Waals surface area (Å²) in [5.74, 6) is -0.0258. The molecule has 7 heteroatoms. The number of rotatable bonds is 4. The smallest absolute Gasteiger partial charge is 0.244 e. The van der Waals surface area contributed by atoms with E-state index in [9.17, 15) is 9.90 Å². The number of carbonyl (C=O) groups is 1. The van der Waals surface area contributed by atoms with Crippen molar-refractivity contribution in [2.75, 3.05) is 5.73 Å². The third-order valence-electron chi connectivity index (χ3n) is 3.13. The second-order valence-corrected chi connectivity index (χ2v) is 5.98. The van der Waals surface area contributed by atoms with Crippen molar-refractivity contribution in [1.82, 2.24) is 10.4 Å². The van der Waals surface area contributed by atoms with Crippen LogP contribution in [0.1, 0.15) is 11.1 Å². The molecule has 23 heavy (non-hydrogen) atoms. The largest absolute Gasteiger partial charge is 0.508 e. The van der Waals surface area contributed by atoms with Gasteiger partial charge in [-0.2, -0.15) is 5.10 Å². The summed E-state index contributed by atoms with van der Waals surface area (Å²) in [5.41, 5.74) is 10.6. The molecule has 0 unspecified atom stereocenters. The zero-order chi connectivity index (χ0) is 16.2. The highest BCUT2D eigenvalue weighted by Crippen LogP contribution is 2.24. The Morgan fingerprint density at radius 2 is 2.09 bits per heavy atom. The topological polar surface area (TPSA) is 101 Å². The van der Waals surface area contributed by atoms with Crippen molar-refractivity contribution < 1.29 is 9.90 Å². The maximum Gasteiger partial charge on any atom is 0.244 e. The highest BCUT2D eigenvalue weighted by Gasteiger charge is 2.06. The maximum atomic E-state index is 11.9. The number of benzene rings is 2.